The van der Waals surface area contributed by atoms with E-state index < -0.39 is 0 Å². The minimum atomic E-state index is -0.320. The van der Waals surface area contributed by atoms with Gasteiger partial charge in [0.05, 0.1) is 17.6 Å². The van der Waals surface area contributed by atoms with Gasteiger partial charge in [-0.05, 0) is 31.2 Å². The number of benzene rings is 1. The van der Waals surface area contributed by atoms with Crippen LogP contribution in [0.4, 0.5) is 15.8 Å². The average molecular weight is 234 g/mol. The van der Waals surface area contributed by atoms with Crippen LogP contribution in [0.1, 0.15) is 11.3 Å². The normalized spacial score (nSPS) is 10.5. The molecule has 0 fully saturated rings. The molecule has 0 aliphatic carbocycles. The third-order valence-corrected chi connectivity index (χ3v) is 2.77. The summed E-state index contributed by atoms with van der Waals surface area (Å²) in [5.41, 5.74) is 8.13. The lowest BCUT2D eigenvalue weighted by Gasteiger charge is -2.20. The first kappa shape index (κ1) is 11.5. The average Bonchev–Trinajstić information content (AvgIpc) is 2.64. The second-order valence-electron chi connectivity index (χ2n) is 4.06. The van der Waals surface area contributed by atoms with E-state index in [2.05, 4.69) is 0 Å². The maximum atomic E-state index is 12.9. The topological polar surface area (TPSA) is 42.4 Å². The van der Waals surface area contributed by atoms with E-state index in [-0.39, 0.29) is 5.82 Å². The summed E-state index contributed by atoms with van der Waals surface area (Å²) in [6.07, 6.45) is 1.66. The second kappa shape index (κ2) is 4.49. The van der Waals surface area contributed by atoms with Crippen LogP contribution in [0.3, 0.4) is 0 Å². The second-order valence-corrected chi connectivity index (χ2v) is 4.06. The molecule has 0 bridgehead atoms. The number of nitrogens with zero attached hydrogens (tertiary/aromatic N) is 1. The van der Waals surface area contributed by atoms with E-state index in [0.717, 1.165) is 17.0 Å². The molecule has 0 atom stereocenters. The highest BCUT2D eigenvalue weighted by Gasteiger charge is 2.09. The van der Waals surface area contributed by atoms with Crippen LogP contribution in [-0.2, 0) is 6.54 Å². The highest BCUT2D eigenvalue weighted by atomic mass is 19.1. The van der Waals surface area contributed by atoms with Crippen molar-refractivity contribution in [1.29, 1.82) is 0 Å². The molecule has 0 aliphatic heterocycles. The number of nitrogen functional groups attached to an aromatic ring is 1. The number of halogens is 1. The fourth-order valence-corrected chi connectivity index (χ4v) is 1.79. The maximum absolute atomic E-state index is 12.9. The van der Waals surface area contributed by atoms with Crippen LogP contribution in [0.2, 0.25) is 0 Å². The van der Waals surface area contributed by atoms with Crippen LogP contribution in [0.15, 0.2) is 34.9 Å². The Labute approximate surface area is 99.6 Å². The lowest BCUT2D eigenvalue weighted by Crippen LogP contribution is -2.18. The third-order valence-electron chi connectivity index (χ3n) is 2.77. The van der Waals surface area contributed by atoms with Crippen LogP contribution in [0.25, 0.3) is 0 Å². The molecule has 0 aliphatic rings. The SMILES string of the molecule is Cc1occc1CN(C)c1ccc(F)cc1N. The molecule has 90 valence electrons. The first-order valence-electron chi connectivity index (χ1n) is 5.37. The van der Waals surface area contributed by atoms with Gasteiger partial charge in [-0.25, -0.2) is 4.39 Å². The summed E-state index contributed by atoms with van der Waals surface area (Å²) in [6, 6.07) is 6.34. The van der Waals surface area contributed by atoms with Crippen LogP contribution in [0, 0.1) is 12.7 Å². The molecule has 17 heavy (non-hydrogen) atoms. The molecule has 0 amide bonds. The molecule has 0 unspecified atom stereocenters. The molecule has 1 heterocycles. The number of hydrogen-bond donors (Lipinski definition) is 1. The van der Waals surface area contributed by atoms with Gasteiger partial charge in [0.15, 0.2) is 0 Å². The standard InChI is InChI=1S/C13H15FN2O/c1-9-10(5-6-17-9)8-16(2)13-4-3-11(14)7-12(13)15/h3-7H,8,15H2,1-2H3. The highest BCUT2D eigenvalue weighted by molar-refractivity contribution is 5.67. The quantitative estimate of drug-likeness (QED) is 0.830. The first-order valence-corrected chi connectivity index (χ1v) is 5.37. The lowest BCUT2D eigenvalue weighted by molar-refractivity contribution is 0.529. The summed E-state index contributed by atoms with van der Waals surface area (Å²) in [6.45, 7) is 2.59. The summed E-state index contributed by atoms with van der Waals surface area (Å²) in [5, 5.41) is 0. The fourth-order valence-electron chi connectivity index (χ4n) is 1.79. The molecular formula is C13H15FN2O. The van der Waals surface area contributed by atoms with Crippen molar-refractivity contribution in [2.24, 2.45) is 0 Å². The van der Waals surface area contributed by atoms with E-state index in [1.165, 1.54) is 12.1 Å². The molecule has 1 aromatic carbocycles. The Morgan fingerprint density at radius 1 is 1.35 bits per heavy atom. The van der Waals surface area contributed by atoms with E-state index in [1.54, 1.807) is 12.3 Å². The predicted octanol–water partition coefficient (Wildman–Crippen LogP) is 2.95. The van der Waals surface area contributed by atoms with Crippen molar-refractivity contribution in [2.75, 3.05) is 17.7 Å². The van der Waals surface area contributed by atoms with Crippen molar-refractivity contribution in [2.45, 2.75) is 13.5 Å². The molecule has 2 rings (SSSR count). The maximum Gasteiger partial charge on any atom is 0.125 e. The van der Waals surface area contributed by atoms with Gasteiger partial charge in [0.1, 0.15) is 11.6 Å². The molecule has 0 saturated heterocycles. The number of rotatable bonds is 3. The summed E-state index contributed by atoms with van der Waals surface area (Å²) in [4.78, 5) is 1.96. The number of nitrogens with two attached hydrogens (primary N) is 1. The van der Waals surface area contributed by atoms with Crippen LogP contribution in [-0.4, -0.2) is 7.05 Å². The van der Waals surface area contributed by atoms with E-state index in [0.29, 0.717) is 12.2 Å². The van der Waals surface area contributed by atoms with Gasteiger partial charge in [-0.3, -0.25) is 0 Å². The zero-order chi connectivity index (χ0) is 12.4. The van der Waals surface area contributed by atoms with Crippen molar-refractivity contribution in [1.82, 2.24) is 0 Å². The minimum absolute atomic E-state index is 0.320. The Kier molecular flexibility index (Phi) is 3.04. The van der Waals surface area contributed by atoms with Gasteiger partial charge in [0.2, 0.25) is 0 Å². The number of furan rings is 1. The summed E-state index contributed by atoms with van der Waals surface area (Å²) >= 11 is 0. The van der Waals surface area contributed by atoms with Gasteiger partial charge in [0, 0.05) is 19.2 Å². The Morgan fingerprint density at radius 3 is 2.71 bits per heavy atom. The Bertz CT molecular complexity index is 522. The van der Waals surface area contributed by atoms with E-state index >= 15 is 0 Å². The molecule has 4 heteroatoms. The Morgan fingerprint density at radius 2 is 2.12 bits per heavy atom. The van der Waals surface area contributed by atoms with Gasteiger partial charge in [-0.2, -0.15) is 0 Å². The fraction of sp³-hybridized carbons (Fsp3) is 0.231. The van der Waals surface area contributed by atoms with E-state index in [4.69, 9.17) is 10.2 Å². The van der Waals surface area contributed by atoms with Gasteiger partial charge < -0.3 is 15.1 Å². The summed E-state index contributed by atoms with van der Waals surface area (Å²) in [5.74, 6) is 0.566. The van der Waals surface area contributed by atoms with Crippen LogP contribution in [0.5, 0.6) is 0 Å². The van der Waals surface area contributed by atoms with Gasteiger partial charge in [0.25, 0.3) is 0 Å². The smallest absolute Gasteiger partial charge is 0.125 e. The Balaban J connectivity index is 2.20. The molecule has 3 nitrogen and oxygen atoms in total. The van der Waals surface area contributed by atoms with Crippen molar-refractivity contribution in [3.8, 4) is 0 Å². The summed E-state index contributed by atoms with van der Waals surface area (Å²) in [7, 11) is 1.91. The monoisotopic (exact) mass is 234 g/mol. The van der Waals surface area contributed by atoms with E-state index in [9.17, 15) is 4.39 Å². The zero-order valence-electron chi connectivity index (χ0n) is 9.90. The third kappa shape index (κ3) is 2.41. The zero-order valence-corrected chi connectivity index (χ0v) is 9.90. The van der Waals surface area contributed by atoms with Gasteiger partial charge >= 0.3 is 0 Å². The number of anilines is 2. The van der Waals surface area contributed by atoms with Crippen LogP contribution >= 0.6 is 0 Å². The largest absolute Gasteiger partial charge is 0.469 e. The van der Waals surface area contributed by atoms with E-state index in [1.807, 2.05) is 24.9 Å². The Hall–Kier alpha value is -1.97. The molecular weight excluding hydrogens is 219 g/mol. The first-order chi connectivity index (χ1) is 8.08. The molecule has 0 radical (unpaired) electrons. The molecule has 2 aromatic rings. The minimum Gasteiger partial charge on any atom is -0.469 e. The predicted molar refractivity (Wildman–Crippen MR) is 66.4 cm³/mol. The van der Waals surface area contributed by atoms with Crippen molar-refractivity contribution in [3.63, 3.8) is 0 Å². The highest BCUT2D eigenvalue weighted by Crippen LogP contribution is 2.25. The number of aryl methyl sites for hydroxylation is 1. The molecule has 2 N–H and O–H groups in total. The molecule has 0 spiro atoms. The lowest BCUT2D eigenvalue weighted by atomic mass is 10.2. The molecule has 1 aromatic heterocycles. The van der Waals surface area contributed by atoms with Gasteiger partial charge in [-0.15, -0.1) is 0 Å². The van der Waals surface area contributed by atoms with Crippen molar-refractivity contribution in [3.05, 3.63) is 47.7 Å². The summed E-state index contributed by atoms with van der Waals surface area (Å²) < 4.78 is 18.2. The van der Waals surface area contributed by atoms with Crippen molar-refractivity contribution < 1.29 is 8.81 Å². The van der Waals surface area contributed by atoms with Crippen molar-refractivity contribution >= 4 is 11.4 Å². The number of hydrogen-bond acceptors (Lipinski definition) is 3. The van der Waals surface area contributed by atoms with Gasteiger partial charge in [-0.1, -0.05) is 0 Å². The van der Waals surface area contributed by atoms with Crippen LogP contribution < -0.4 is 10.6 Å². The molecule has 0 saturated carbocycles.